The molecule has 0 aliphatic rings. The van der Waals surface area contributed by atoms with E-state index in [0.717, 1.165) is 22.7 Å². The molecule has 0 fully saturated rings. The van der Waals surface area contributed by atoms with Gasteiger partial charge in [-0.1, -0.05) is 0 Å². The number of nitrogens with zero attached hydrogens (tertiary/aromatic N) is 3. The fourth-order valence-electron chi connectivity index (χ4n) is 2.48. The minimum Gasteiger partial charge on any atom is -0.492 e. The van der Waals surface area contributed by atoms with Crippen LogP contribution in [0.2, 0.25) is 0 Å². The number of halogens is 3. The molecule has 0 bridgehead atoms. The molecular weight excluding hydrogens is 402 g/mol. The molecule has 0 aliphatic heterocycles. The van der Waals surface area contributed by atoms with E-state index in [2.05, 4.69) is 31.3 Å². The van der Waals surface area contributed by atoms with Gasteiger partial charge in [0.15, 0.2) is 5.65 Å². The number of benzene rings is 1. The number of nitrogens with one attached hydrogen (secondary N) is 1. The predicted octanol–water partition coefficient (Wildman–Crippen LogP) is 3.03. The second-order valence-corrected chi connectivity index (χ2v) is 6.01. The summed E-state index contributed by atoms with van der Waals surface area (Å²) in [6.45, 7) is 0. The Balaban J connectivity index is 2.06. The van der Waals surface area contributed by atoms with Crippen LogP contribution in [-0.2, 0) is 6.42 Å². The molecule has 0 saturated carbocycles. The van der Waals surface area contributed by atoms with E-state index in [0.29, 0.717) is 5.65 Å². The van der Waals surface area contributed by atoms with Crippen molar-refractivity contribution in [3.8, 4) is 5.88 Å². The molecule has 10 heteroatoms. The molecule has 0 aliphatic carbocycles. The van der Waals surface area contributed by atoms with Gasteiger partial charge in [-0.25, -0.2) is 18.6 Å². The summed E-state index contributed by atoms with van der Waals surface area (Å²) in [5.74, 6) is -1.82. The zero-order valence-corrected chi connectivity index (χ0v) is 14.0. The summed E-state index contributed by atoms with van der Waals surface area (Å²) >= 11 is 3.16. The average molecular weight is 413 g/mol. The maximum Gasteiger partial charge on any atom is 0.405 e. The first-order chi connectivity index (χ1) is 11.8. The lowest BCUT2D eigenvalue weighted by molar-refractivity contribution is 0.189. The molecule has 1 amide bonds. The van der Waals surface area contributed by atoms with Crippen molar-refractivity contribution < 1.29 is 23.8 Å². The fourth-order valence-corrected chi connectivity index (χ4v) is 3.02. The van der Waals surface area contributed by atoms with Gasteiger partial charge in [0.05, 0.1) is 17.9 Å². The molecule has 130 valence electrons. The largest absolute Gasteiger partial charge is 0.492 e. The van der Waals surface area contributed by atoms with Crippen molar-refractivity contribution in [3.05, 3.63) is 57.8 Å². The maximum atomic E-state index is 13.4. The molecule has 3 N–H and O–H groups in total. The van der Waals surface area contributed by atoms with Crippen molar-refractivity contribution >= 4 is 27.7 Å². The summed E-state index contributed by atoms with van der Waals surface area (Å²) in [4.78, 5) is 15.4. The van der Waals surface area contributed by atoms with E-state index in [1.165, 1.54) is 12.3 Å². The molecule has 25 heavy (non-hydrogen) atoms. The van der Waals surface area contributed by atoms with Gasteiger partial charge in [0.2, 0.25) is 5.88 Å². The summed E-state index contributed by atoms with van der Waals surface area (Å²) in [6.07, 6.45) is -0.000596. The maximum absolute atomic E-state index is 13.4. The highest BCUT2D eigenvalue weighted by Gasteiger charge is 2.23. The average Bonchev–Trinajstić information content (AvgIpc) is 2.97. The molecule has 2 heterocycles. The van der Waals surface area contributed by atoms with E-state index in [1.807, 2.05) is 0 Å². The zero-order valence-electron chi connectivity index (χ0n) is 12.4. The quantitative estimate of drug-likeness (QED) is 0.611. The summed E-state index contributed by atoms with van der Waals surface area (Å²) in [5.41, 5.74) is 0.689. The number of aromatic nitrogens is 3. The summed E-state index contributed by atoms with van der Waals surface area (Å²) in [7, 11) is 0. The zero-order chi connectivity index (χ0) is 18.1. The van der Waals surface area contributed by atoms with Crippen LogP contribution in [0, 0.1) is 11.6 Å². The van der Waals surface area contributed by atoms with Crippen LogP contribution in [0.1, 0.15) is 17.3 Å². The fraction of sp³-hybridized carbons (Fsp3) is 0.133. The number of carbonyl (C=O) groups is 1. The number of amides is 1. The van der Waals surface area contributed by atoms with Gasteiger partial charge in [-0.15, -0.1) is 0 Å². The molecule has 1 aromatic carbocycles. The van der Waals surface area contributed by atoms with Gasteiger partial charge in [0, 0.05) is 12.1 Å². The Morgan fingerprint density at radius 2 is 2.00 bits per heavy atom. The topological polar surface area (TPSA) is 99.8 Å². The standard InChI is InChI=1S/C15H11BrF2N4O3/c16-12-13(21-11-1-2-19-22(11)14(12)23)10(20-15(24)25)5-7-3-8(17)6-9(18)4-7/h1-4,6,10,20,23H,5H2,(H,24,25). The van der Waals surface area contributed by atoms with Crippen LogP contribution in [0.4, 0.5) is 13.6 Å². The molecule has 3 rings (SSSR count). The Morgan fingerprint density at radius 1 is 1.32 bits per heavy atom. The molecule has 0 radical (unpaired) electrons. The van der Waals surface area contributed by atoms with Crippen molar-refractivity contribution in [2.24, 2.45) is 0 Å². The van der Waals surface area contributed by atoms with E-state index in [4.69, 9.17) is 5.11 Å². The third-order valence-electron chi connectivity index (χ3n) is 3.47. The van der Waals surface area contributed by atoms with Gasteiger partial charge in [-0.3, -0.25) is 0 Å². The van der Waals surface area contributed by atoms with Crippen LogP contribution in [-0.4, -0.2) is 30.9 Å². The highest BCUT2D eigenvalue weighted by atomic mass is 79.9. The number of fused-ring (bicyclic) bond motifs is 1. The SMILES string of the molecule is O=C(O)NC(Cc1cc(F)cc(F)c1)c1nc2ccnn2c(O)c1Br. The minimum atomic E-state index is -1.34. The molecular formula is C15H11BrF2N4O3. The number of hydrogen-bond acceptors (Lipinski definition) is 4. The second kappa shape index (κ2) is 6.63. The third kappa shape index (κ3) is 3.53. The Labute approximate surface area is 148 Å². The lowest BCUT2D eigenvalue weighted by Crippen LogP contribution is -2.29. The van der Waals surface area contributed by atoms with Crippen LogP contribution in [0.3, 0.4) is 0 Å². The molecule has 3 aromatic rings. The highest BCUT2D eigenvalue weighted by molar-refractivity contribution is 9.10. The summed E-state index contributed by atoms with van der Waals surface area (Å²) in [6, 6.07) is 3.49. The van der Waals surface area contributed by atoms with Crippen LogP contribution < -0.4 is 5.32 Å². The smallest absolute Gasteiger partial charge is 0.405 e. The monoisotopic (exact) mass is 412 g/mol. The number of carboxylic acid groups (broad SMARTS) is 1. The van der Waals surface area contributed by atoms with Gasteiger partial charge in [-0.05, 0) is 40.0 Å². The molecule has 0 saturated heterocycles. The first-order valence-electron chi connectivity index (χ1n) is 7.01. The summed E-state index contributed by atoms with van der Waals surface area (Å²) in [5, 5.41) is 25.4. The molecule has 2 aromatic heterocycles. The van der Waals surface area contributed by atoms with Crippen molar-refractivity contribution in [2.45, 2.75) is 12.5 Å². The van der Waals surface area contributed by atoms with Gasteiger partial charge in [-0.2, -0.15) is 9.61 Å². The lowest BCUT2D eigenvalue weighted by atomic mass is 10.0. The number of hydrogen-bond donors (Lipinski definition) is 3. The van der Waals surface area contributed by atoms with Gasteiger partial charge < -0.3 is 15.5 Å². The van der Waals surface area contributed by atoms with Crippen molar-refractivity contribution in [3.63, 3.8) is 0 Å². The Hall–Kier alpha value is -2.75. The van der Waals surface area contributed by atoms with E-state index in [1.54, 1.807) is 0 Å². The van der Waals surface area contributed by atoms with Gasteiger partial charge in [0.25, 0.3) is 0 Å². The van der Waals surface area contributed by atoms with Crippen molar-refractivity contribution in [1.82, 2.24) is 19.9 Å². The number of aromatic hydroxyl groups is 1. The summed E-state index contributed by atoms with van der Waals surface area (Å²) < 4.78 is 28.1. The van der Waals surface area contributed by atoms with Crippen LogP contribution in [0.15, 0.2) is 34.9 Å². The first kappa shape index (κ1) is 17.1. The third-order valence-corrected chi connectivity index (χ3v) is 4.23. The molecule has 1 atom stereocenters. The number of rotatable bonds is 4. The van der Waals surface area contributed by atoms with E-state index >= 15 is 0 Å². The van der Waals surface area contributed by atoms with Crippen molar-refractivity contribution in [1.29, 1.82) is 0 Å². The minimum absolute atomic E-state index is 0.0731. The van der Waals surface area contributed by atoms with E-state index in [9.17, 15) is 18.7 Å². The van der Waals surface area contributed by atoms with Crippen LogP contribution in [0.25, 0.3) is 5.65 Å². The second-order valence-electron chi connectivity index (χ2n) is 5.22. The molecule has 7 nitrogen and oxygen atoms in total. The van der Waals surface area contributed by atoms with Crippen LogP contribution in [0.5, 0.6) is 5.88 Å². The lowest BCUT2D eigenvalue weighted by Gasteiger charge is -2.19. The predicted molar refractivity (Wildman–Crippen MR) is 86.3 cm³/mol. The molecule has 0 spiro atoms. The highest BCUT2D eigenvalue weighted by Crippen LogP contribution is 2.32. The van der Waals surface area contributed by atoms with Gasteiger partial charge >= 0.3 is 6.09 Å². The first-order valence-corrected chi connectivity index (χ1v) is 7.81. The normalized spacial score (nSPS) is 12.3. The van der Waals surface area contributed by atoms with Crippen molar-refractivity contribution in [2.75, 3.05) is 0 Å². The Morgan fingerprint density at radius 3 is 2.64 bits per heavy atom. The van der Waals surface area contributed by atoms with E-state index in [-0.39, 0.29) is 28.0 Å². The Kier molecular flexibility index (Phi) is 4.53. The van der Waals surface area contributed by atoms with Gasteiger partial charge in [0.1, 0.15) is 16.1 Å². The molecule has 1 unspecified atom stereocenters. The van der Waals surface area contributed by atoms with Crippen LogP contribution >= 0.6 is 15.9 Å². The van der Waals surface area contributed by atoms with E-state index < -0.39 is 23.8 Å². The Bertz CT molecular complexity index is 943.